The summed E-state index contributed by atoms with van der Waals surface area (Å²) in [5, 5.41) is 22.4. The summed E-state index contributed by atoms with van der Waals surface area (Å²) in [5.74, 6) is 0. The Morgan fingerprint density at radius 1 is 1.05 bits per heavy atom. The maximum atomic E-state index is 10.8. The van der Waals surface area contributed by atoms with Crippen molar-refractivity contribution in [1.29, 1.82) is 0 Å². The minimum atomic E-state index is -0.999. The van der Waals surface area contributed by atoms with Gasteiger partial charge in [0.15, 0.2) is 0 Å². The molecule has 3 heteroatoms. The Labute approximate surface area is 119 Å². The summed E-state index contributed by atoms with van der Waals surface area (Å²) in [6, 6.07) is 9.78. The summed E-state index contributed by atoms with van der Waals surface area (Å²) in [6.45, 7) is 0. The van der Waals surface area contributed by atoms with Gasteiger partial charge in [-0.05, 0) is 25.0 Å². The lowest BCUT2D eigenvalue weighted by Gasteiger charge is -2.32. The molecule has 1 aliphatic carbocycles. The Bertz CT molecular complexity index is 588. The van der Waals surface area contributed by atoms with Gasteiger partial charge in [0.25, 0.3) is 0 Å². The van der Waals surface area contributed by atoms with Gasteiger partial charge < -0.3 is 10.2 Å². The third-order valence-corrected chi connectivity index (χ3v) is 4.41. The summed E-state index contributed by atoms with van der Waals surface area (Å²) in [5.41, 5.74) is 0.630. The first kappa shape index (κ1) is 13.5. The van der Waals surface area contributed by atoms with E-state index in [9.17, 15) is 10.2 Å². The molecule has 0 saturated heterocycles. The molecule has 1 fully saturated rings. The predicted octanol–water partition coefficient (Wildman–Crippen LogP) is 3.35. The van der Waals surface area contributed by atoms with Crippen molar-refractivity contribution in [2.45, 2.75) is 50.2 Å². The smallest absolute Gasteiger partial charge is 0.109 e. The number of rotatable bonds is 2. The molecule has 0 amide bonds. The first-order valence-electron chi connectivity index (χ1n) is 7.44. The van der Waals surface area contributed by atoms with Crippen molar-refractivity contribution < 1.29 is 10.2 Å². The quantitative estimate of drug-likeness (QED) is 0.824. The van der Waals surface area contributed by atoms with Crippen LogP contribution in [0.2, 0.25) is 0 Å². The van der Waals surface area contributed by atoms with Gasteiger partial charge in [0.1, 0.15) is 6.10 Å². The molecular weight excluding hydrogens is 250 g/mol. The van der Waals surface area contributed by atoms with Crippen LogP contribution in [-0.2, 0) is 0 Å². The van der Waals surface area contributed by atoms with Crippen LogP contribution in [-0.4, -0.2) is 20.8 Å². The normalized spacial score (nSPS) is 20.5. The molecule has 1 aliphatic rings. The van der Waals surface area contributed by atoms with Gasteiger partial charge in [0, 0.05) is 17.1 Å². The van der Waals surface area contributed by atoms with Crippen molar-refractivity contribution in [3.05, 3.63) is 42.1 Å². The SMILES string of the molecule is OC(c1cnc2ccccc2c1)C1(O)CCCCCC1. The maximum Gasteiger partial charge on any atom is 0.109 e. The monoisotopic (exact) mass is 271 g/mol. The first-order valence-corrected chi connectivity index (χ1v) is 7.44. The molecule has 1 aromatic carbocycles. The second-order valence-electron chi connectivity index (χ2n) is 5.88. The van der Waals surface area contributed by atoms with Gasteiger partial charge >= 0.3 is 0 Å². The van der Waals surface area contributed by atoms with E-state index in [1.54, 1.807) is 6.20 Å². The molecule has 2 N–H and O–H groups in total. The van der Waals surface area contributed by atoms with Crippen LogP contribution < -0.4 is 0 Å². The number of nitrogens with zero attached hydrogens (tertiary/aromatic N) is 1. The molecule has 1 atom stereocenters. The lowest BCUT2D eigenvalue weighted by molar-refractivity contribution is -0.0868. The summed E-state index contributed by atoms with van der Waals surface area (Å²) >= 11 is 0. The molecule has 0 bridgehead atoms. The fourth-order valence-corrected chi connectivity index (χ4v) is 3.16. The topological polar surface area (TPSA) is 53.4 Å². The molecule has 1 saturated carbocycles. The van der Waals surface area contributed by atoms with E-state index in [-0.39, 0.29) is 0 Å². The predicted molar refractivity (Wildman–Crippen MR) is 79.4 cm³/mol. The molecule has 3 rings (SSSR count). The number of para-hydroxylation sites is 1. The van der Waals surface area contributed by atoms with E-state index < -0.39 is 11.7 Å². The van der Waals surface area contributed by atoms with Crippen LogP contribution in [0, 0.1) is 0 Å². The number of hydrogen-bond donors (Lipinski definition) is 2. The van der Waals surface area contributed by atoms with Gasteiger partial charge in [0.2, 0.25) is 0 Å². The molecule has 0 radical (unpaired) electrons. The second-order valence-corrected chi connectivity index (χ2v) is 5.88. The van der Waals surface area contributed by atoms with Crippen molar-refractivity contribution in [2.75, 3.05) is 0 Å². The van der Waals surface area contributed by atoms with Crippen LogP contribution in [0.25, 0.3) is 10.9 Å². The highest BCUT2D eigenvalue weighted by Crippen LogP contribution is 2.37. The summed E-state index contributed by atoms with van der Waals surface area (Å²) in [6.07, 6.45) is 6.43. The number of fused-ring (bicyclic) bond motifs is 1. The summed E-state index contributed by atoms with van der Waals surface area (Å²) in [7, 11) is 0. The Kier molecular flexibility index (Phi) is 3.72. The Hall–Kier alpha value is -1.45. The van der Waals surface area contributed by atoms with Crippen molar-refractivity contribution >= 4 is 10.9 Å². The minimum Gasteiger partial charge on any atom is -0.387 e. The van der Waals surface area contributed by atoms with Gasteiger partial charge in [-0.2, -0.15) is 0 Å². The van der Waals surface area contributed by atoms with Crippen molar-refractivity contribution in [1.82, 2.24) is 4.98 Å². The minimum absolute atomic E-state index is 0.668. The standard InChI is InChI=1S/C17H21NO2/c19-16(17(20)9-5-1-2-6-10-17)14-11-13-7-3-4-8-15(13)18-12-14/h3-4,7-8,11-12,16,19-20H,1-2,5-6,9-10H2. The Morgan fingerprint density at radius 2 is 1.75 bits per heavy atom. The van der Waals surface area contributed by atoms with E-state index in [4.69, 9.17) is 0 Å². The van der Waals surface area contributed by atoms with E-state index in [1.807, 2.05) is 30.3 Å². The average molecular weight is 271 g/mol. The van der Waals surface area contributed by atoms with Crippen LogP contribution in [0.4, 0.5) is 0 Å². The number of benzene rings is 1. The third-order valence-electron chi connectivity index (χ3n) is 4.41. The first-order chi connectivity index (χ1) is 9.69. The number of pyridine rings is 1. The molecule has 106 valence electrons. The number of aliphatic hydroxyl groups excluding tert-OH is 1. The van der Waals surface area contributed by atoms with E-state index in [2.05, 4.69) is 4.98 Å². The average Bonchev–Trinajstić information content (AvgIpc) is 2.72. The Balaban J connectivity index is 1.92. The van der Waals surface area contributed by atoms with Gasteiger partial charge in [-0.25, -0.2) is 0 Å². The zero-order valence-corrected chi connectivity index (χ0v) is 11.6. The van der Waals surface area contributed by atoms with Gasteiger partial charge in [-0.15, -0.1) is 0 Å². The molecule has 1 aromatic heterocycles. The van der Waals surface area contributed by atoms with Crippen LogP contribution in [0.3, 0.4) is 0 Å². The van der Waals surface area contributed by atoms with Crippen molar-refractivity contribution in [2.24, 2.45) is 0 Å². The van der Waals surface area contributed by atoms with Crippen LogP contribution in [0.15, 0.2) is 36.5 Å². The molecule has 0 spiro atoms. The molecule has 2 aromatic rings. The van der Waals surface area contributed by atoms with Gasteiger partial charge in [-0.3, -0.25) is 4.98 Å². The molecule has 0 aliphatic heterocycles. The molecule has 1 unspecified atom stereocenters. The van der Waals surface area contributed by atoms with Crippen LogP contribution >= 0.6 is 0 Å². The number of hydrogen-bond acceptors (Lipinski definition) is 3. The highest BCUT2D eigenvalue weighted by atomic mass is 16.3. The second kappa shape index (κ2) is 5.51. The van der Waals surface area contributed by atoms with Crippen molar-refractivity contribution in [3.8, 4) is 0 Å². The zero-order valence-electron chi connectivity index (χ0n) is 11.6. The highest BCUT2D eigenvalue weighted by Gasteiger charge is 2.36. The zero-order chi connectivity index (χ0) is 14.0. The Morgan fingerprint density at radius 3 is 2.50 bits per heavy atom. The molecule has 20 heavy (non-hydrogen) atoms. The van der Waals surface area contributed by atoms with Gasteiger partial charge in [0.05, 0.1) is 11.1 Å². The van der Waals surface area contributed by atoms with E-state index in [1.165, 1.54) is 0 Å². The van der Waals surface area contributed by atoms with Gasteiger partial charge in [-0.1, -0.05) is 43.9 Å². The fourth-order valence-electron chi connectivity index (χ4n) is 3.16. The fraction of sp³-hybridized carbons (Fsp3) is 0.471. The third kappa shape index (κ3) is 2.56. The van der Waals surface area contributed by atoms with E-state index in [0.29, 0.717) is 18.4 Å². The lowest BCUT2D eigenvalue weighted by Crippen LogP contribution is -2.35. The molecule has 1 heterocycles. The number of aromatic nitrogens is 1. The number of aliphatic hydroxyl groups is 2. The molecular formula is C17H21NO2. The molecule has 3 nitrogen and oxygen atoms in total. The largest absolute Gasteiger partial charge is 0.387 e. The van der Waals surface area contributed by atoms with Crippen LogP contribution in [0.1, 0.15) is 50.2 Å². The lowest BCUT2D eigenvalue weighted by atomic mass is 9.85. The van der Waals surface area contributed by atoms with E-state index in [0.717, 1.165) is 36.6 Å². The summed E-state index contributed by atoms with van der Waals surface area (Å²) < 4.78 is 0. The highest BCUT2D eigenvalue weighted by molar-refractivity contribution is 5.78. The van der Waals surface area contributed by atoms with E-state index >= 15 is 0 Å². The summed E-state index contributed by atoms with van der Waals surface area (Å²) in [4.78, 5) is 4.38. The van der Waals surface area contributed by atoms with Crippen molar-refractivity contribution in [3.63, 3.8) is 0 Å². The maximum absolute atomic E-state index is 10.8. The van der Waals surface area contributed by atoms with Crippen LogP contribution in [0.5, 0.6) is 0 Å².